The van der Waals surface area contributed by atoms with Crippen LogP contribution in [0, 0.1) is 29.4 Å². The summed E-state index contributed by atoms with van der Waals surface area (Å²) < 4.78 is 28.7. The van der Waals surface area contributed by atoms with E-state index in [2.05, 4.69) is 13.8 Å². The van der Waals surface area contributed by atoms with Gasteiger partial charge in [0.2, 0.25) is 0 Å². The molecule has 0 N–H and O–H groups in total. The normalized spacial score (nSPS) is 27.6. The molecule has 0 aromatic heterocycles. The van der Waals surface area contributed by atoms with Crippen LogP contribution in [0.25, 0.3) is 5.57 Å². The minimum atomic E-state index is -0.652. The van der Waals surface area contributed by atoms with Gasteiger partial charge in [-0.3, -0.25) is 0 Å². The number of hydrogen-bond acceptors (Lipinski definition) is 0. The van der Waals surface area contributed by atoms with Gasteiger partial charge in [-0.05, 0) is 74.3 Å². The van der Waals surface area contributed by atoms with Crippen molar-refractivity contribution in [3.8, 4) is 0 Å². The first-order valence-electron chi connectivity index (χ1n) is 10.2. The Morgan fingerprint density at radius 3 is 2.24 bits per heavy atom. The first kappa shape index (κ1) is 18.6. The van der Waals surface area contributed by atoms with Crippen LogP contribution in [-0.4, -0.2) is 0 Å². The van der Waals surface area contributed by atoms with Gasteiger partial charge in [-0.15, -0.1) is 0 Å². The minimum absolute atomic E-state index is 0.473. The predicted octanol–water partition coefficient (Wildman–Crippen LogP) is 7.32. The fourth-order valence-corrected chi connectivity index (χ4v) is 5.09. The van der Waals surface area contributed by atoms with E-state index >= 15 is 0 Å². The fourth-order valence-electron chi connectivity index (χ4n) is 5.09. The van der Waals surface area contributed by atoms with E-state index in [0.717, 1.165) is 42.6 Å². The van der Waals surface area contributed by atoms with Gasteiger partial charge < -0.3 is 0 Å². The molecular weight excluding hydrogens is 314 g/mol. The Hall–Kier alpha value is -1.18. The van der Waals surface area contributed by atoms with Crippen molar-refractivity contribution < 1.29 is 8.78 Å². The smallest absolute Gasteiger partial charge is 0.166 e. The third kappa shape index (κ3) is 3.83. The summed E-state index contributed by atoms with van der Waals surface area (Å²) in [5.74, 6) is 1.21. The first-order chi connectivity index (χ1) is 12.0. The monoisotopic (exact) mass is 346 g/mol. The van der Waals surface area contributed by atoms with E-state index in [9.17, 15) is 8.78 Å². The Morgan fingerprint density at radius 2 is 1.64 bits per heavy atom. The molecule has 1 saturated carbocycles. The Morgan fingerprint density at radius 1 is 0.920 bits per heavy atom. The van der Waals surface area contributed by atoms with Gasteiger partial charge in [0, 0.05) is 5.56 Å². The SMILES string of the molecule is CCc1ccc(C2=C(C)CC(C3CCC(CC)CC3)CC2)c(F)c1F. The first-order valence-corrected chi connectivity index (χ1v) is 10.2. The van der Waals surface area contributed by atoms with Crippen molar-refractivity contribution in [2.75, 3.05) is 0 Å². The second-order valence-electron chi connectivity index (χ2n) is 8.20. The number of aryl methyl sites for hydroxylation is 1. The van der Waals surface area contributed by atoms with Crippen LogP contribution >= 0.6 is 0 Å². The van der Waals surface area contributed by atoms with Crippen LogP contribution in [0.4, 0.5) is 8.78 Å². The van der Waals surface area contributed by atoms with Crippen molar-refractivity contribution in [2.24, 2.45) is 17.8 Å². The number of allylic oxidation sites excluding steroid dienone is 2. The van der Waals surface area contributed by atoms with Crippen molar-refractivity contribution in [1.29, 1.82) is 0 Å². The van der Waals surface area contributed by atoms with Crippen molar-refractivity contribution in [3.63, 3.8) is 0 Å². The Kier molecular flexibility index (Phi) is 5.96. The van der Waals surface area contributed by atoms with E-state index in [1.54, 1.807) is 12.1 Å². The topological polar surface area (TPSA) is 0 Å². The maximum absolute atomic E-state index is 14.5. The molecule has 0 amide bonds. The lowest BCUT2D eigenvalue weighted by atomic mass is 9.69. The molecule has 138 valence electrons. The highest BCUT2D eigenvalue weighted by atomic mass is 19.2. The van der Waals surface area contributed by atoms with Gasteiger partial charge >= 0.3 is 0 Å². The molecule has 2 aliphatic rings. The van der Waals surface area contributed by atoms with E-state index in [-0.39, 0.29) is 0 Å². The molecule has 2 aliphatic carbocycles. The maximum atomic E-state index is 14.5. The van der Waals surface area contributed by atoms with Crippen LogP contribution < -0.4 is 0 Å². The molecule has 0 heterocycles. The van der Waals surface area contributed by atoms with E-state index in [1.165, 1.54) is 37.7 Å². The summed E-state index contributed by atoms with van der Waals surface area (Å²) in [5.41, 5.74) is 3.30. The zero-order chi connectivity index (χ0) is 18.0. The van der Waals surface area contributed by atoms with Crippen LogP contribution in [0.15, 0.2) is 17.7 Å². The second kappa shape index (κ2) is 8.01. The molecule has 0 radical (unpaired) electrons. The zero-order valence-corrected chi connectivity index (χ0v) is 16.0. The van der Waals surface area contributed by atoms with Crippen molar-refractivity contribution in [2.45, 2.75) is 78.6 Å². The molecule has 1 fully saturated rings. The molecule has 0 aliphatic heterocycles. The van der Waals surface area contributed by atoms with Crippen molar-refractivity contribution in [3.05, 3.63) is 40.5 Å². The van der Waals surface area contributed by atoms with Gasteiger partial charge in [0.15, 0.2) is 11.6 Å². The quantitative estimate of drug-likeness (QED) is 0.536. The van der Waals surface area contributed by atoms with Gasteiger partial charge in [-0.25, -0.2) is 8.78 Å². The third-order valence-electron chi connectivity index (χ3n) is 6.85. The average Bonchev–Trinajstić information content (AvgIpc) is 2.64. The molecule has 0 saturated heterocycles. The molecule has 0 nitrogen and oxygen atoms in total. The van der Waals surface area contributed by atoms with E-state index in [4.69, 9.17) is 0 Å². The van der Waals surface area contributed by atoms with Crippen molar-refractivity contribution in [1.82, 2.24) is 0 Å². The lowest BCUT2D eigenvalue weighted by Crippen LogP contribution is -2.24. The summed E-state index contributed by atoms with van der Waals surface area (Å²) in [4.78, 5) is 0. The van der Waals surface area contributed by atoms with Gasteiger partial charge in [-0.2, -0.15) is 0 Å². The Labute approximate surface area is 151 Å². The summed E-state index contributed by atoms with van der Waals surface area (Å²) in [6, 6.07) is 3.55. The molecular formula is C23H32F2. The molecule has 1 aromatic rings. The highest BCUT2D eigenvalue weighted by Gasteiger charge is 2.30. The molecule has 1 unspecified atom stereocenters. The van der Waals surface area contributed by atoms with Crippen LogP contribution in [-0.2, 0) is 6.42 Å². The number of halogens is 2. The largest absolute Gasteiger partial charge is 0.203 e. The fraction of sp³-hybridized carbons (Fsp3) is 0.652. The maximum Gasteiger partial charge on any atom is 0.166 e. The van der Waals surface area contributed by atoms with Crippen LogP contribution in [0.5, 0.6) is 0 Å². The lowest BCUT2D eigenvalue weighted by molar-refractivity contribution is 0.190. The van der Waals surface area contributed by atoms with E-state index in [0.29, 0.717) is 17.5 Å². The van der Waals surface area contributed by atoms with Gasteiger partial charge in [0.05, 0.1) is 0 Å². The third-order valence-corrected chi connectivity index (χ3v) is 6.85. The summed E-state index contributed by atoms with van der Waals surface area (Å²) in [6.07, 6.45) is 10.4. The molecule has 25 heavy (non-hydrogen) atoms. The summed E-state index contributed by atoms with van der Waals surface area (Å²) in [7, 11) is 0. The number of rotatable bonds is 4. The predicted molar refractivity (Wildman–Crippen MR) is 101 cm³/mol. The average molecular weight is 347 g/mol. The molecule has 0 bridgehead atoms. The van der Waals surface area contributed by atoms with Crippen molar-refractivity contribution >= 4 is 5.57 Å². The molecule has 1 atom stereocenters. The van der Waals surface area contributed by atoms with Gasteiger partial charge in [0.1, 0.15) is 0 Å². The molecule has 2 heteroatoms. The lowest BCUT2D eigenvalue weighted by Gasteiger charge is -2.36. The van der Waals surface area contributed by atoms with Crippen LogP contribution in [0.3, 0.4) is 0 Å². The van der Waals surface area contributed by atoms with Gasteiger partial charge in [-0.1, -0.05) is 50.8 Å². The van der Waals surface area contributed by atoms with E-state index < -0.39 is 11.6 Å². The molecule has 0 spiro atoms. The van der Waals surface area contributed by atoms with Crippen LogP contribution in [0.2, 0.25) is 0 Å². The van der Waals surface area contributed by atoms with Crippen LogP contribution in [0.1, 0.15) is 83.3 Å². The Balaban J connectivity index is 1.74. The molecule has 1 aromatic carbocycles. The second-order valence-corrected chi connectivity index (χ2v) is 8.20. The summed E-state index contributed by atoms with van der Waals surface area (Å²) >= 11 is 0. The zero-order valence-electron chi connectivity index (χ0n) is 16.0. The number of benzene rings is 1. The molecule has 3 rings (SSSR count). The Bertz CT molecular complexity index is 636. The summed E-state index contributed by atoms with van der Waals surface area (Å²) in [5, 5.41) is 0. The minimum Gasteiger partial charge on any atom is -0.203 e. The highest BCUT2D eigenvalue weighted by molar-refractivity contribution is 5.70. The number of hydrogen-bond donors (Lipinski definition) is 0. The van der Waals surface area contributed by atoms with Gasteiger partial charge in [0.25, 0.3) is 0 Å². The van der Waals surface area contributed by atoms with E-state index in [1.807, 2.05) is 6.92 Å². The highest BCUT2D eigenvalue weighted by Crippen LogP contribution is 2.44. The standard InChI is InChI=1S/C23H32F2/c1-4-16-6-8-18(9-7-16)19-11-12-20(15(3)14-19)21-13-10-17(5-2)22(24)23(21)25/h10,13,16,18-19H,4-9,11-12,14H2,1-3H3. The summed E-state index contributed by atoms with van der Waals surface area (Å²) in [6.45, 7) is 6.30.